The third-order valence-electron chi connectivity index (χ3n) is 9.48. The summed E-state index contributed by atoms with van der Waals surface area (Å²) in [5.41, 5.74) is 10.7. The van der Waals surface area contributed by atoms with E-state index in [1.165, 1.54) is 22.3 Å². The number of carbonyl (C=O) groups excluding carboxylic acids is 1. The number of methoxy groups -OCH3 is 2. The molecule has 0 fully saturated rings. The maximum Gasteiger partial charge on any atom is 0.208 e. The molecule has 2 aliphatic carbocycles. The molecule has 0 saturated carbocycles. The van der Waals surface area contributed by atoms with Crippen LogP contribution in [0.5, 0.6) is 0 Å². The van der Waals surface area contributed by atoms with Crippen molar-refractivity contribution < 1.29 is 24.0 Å². The van der Waals surface area contributed by atoms with Crippen LogP contribution in [0.25, 0.3) is 5.57 Å². The standard InChI is InChI=1S/C42H48N2O4/c1-9-35(47-7)25-43(37-21-11-27(3)23-29(37)5)33-17-13-31(14-18-33)39-41(45)40(42(39)46)32-15-19-34(20-16-32)44(26-36(10-2)48-8)38-22-12-28(4)24-30(38)6/h11-24,35-36H,9-10,25-26H2,1-8H3. The SMILES string of the molecule is CCC(CN(c1ccc(C2=C([O-])C(=C3C=CC(=[N+](CC(CC)OC)c4ccc(C)cc4C)C=C3)C2=O)cc1)c1ccc(C)cc1C)OC. The minimum atomic E-state index is -0.214. The van der Waals surface area contributed by atoms with Gasteiger partial charge >= 0.3 is 0 Å². The number of anilines is 2. The van der Waals surface area contributed by atoms with Crippen molar-refractivity contribution in [1.82, 2.24) is 0 Å². The third kappa shape index (κ3) is 7.15. The maximum absolute atomic E-state index is 13.5. The fourth-order valence-electron chi connectivity index (χ4n) is 6.58. The second-order valence-corrected chi connectivity index (χ2v) is 12.8. The summed E-state index contributed by atoms with van der Waals surface area (Å²) in [4.78, 5) is 15.8. The van der Waals surface area contributed by atoms with Crippen LogP contribution in [0.1, 0.15) is 54.5 Å². The van der Waals surface area contributed by atoms with Crippen molar-refractivity contribution in [3.05, 3.63) is 130 Å². The molecule has 2 unspecified atom stereocenters. The molecule has 0 heterocycles. The Labute approximate surface area is 286 Å². The topological polar surface area (TPSA) is 64.8 Å². The zero-order valence-electron chi connectivity index (χ0n) is 29.6. The Morgan fingerprint density at radius 1 is 0.750 bits per heavy atom. The molecule has 0 spiro atoms. The van der Waals surface area contributed by atoms with E-state index in [-0.39, 0.29) is 34.9 Å². The first-order valence-corrected chi connectivity index (χ1v) is 16.9. The number of rotatable bonds is 12. The van der Waals surface area contributed by atoms with Gasteiger partial charge in [-0.05, 0) is 93.7 Å². The Bertz CT molecular complexity index is 1820. The molecule has 0 aromatic heterocycles. The first kappa shape index (κ1) is 34.8. The highest BCUT2D eigenvalue weighted by molar-refractivity contribution is 6.39. The summed E-state index contributed by atoms with van der Waals surface area (Å²) in [6.07, 6.45) is 9.61. The second-order valence-electron chi connectivity index (χ2n) is 12.8. The van der Waals surface area contributed by atoms with Gasteiger partial charge in [0.25, 0.3) is 0 Å². The highest BCUT2D eigenvalue weighted by atomic mass is 16.5. The molecule has 6 heteroatoms. The quantitative estimate of drug-likeness (QED) is 0.149. The highest BCUT2D eigenvalue weighted by Gasteiger charge is 2.31. The number of hydrogen-bond acceptors (Lipinski definition) is 5. The van der Waals surface area contributed by atoms with Crippen LogP contribution >= 0.6 is 0 Å². The number of hydrogen-bond donors (Lipinski definition) is 0. The lowest BCUT2D eigenvalue weighted by Gasteiger charge is -2.33. The zero-order valence-corrected chi connectivity index (χ0v) is 29.6. The first-order chi connectivity index (χ1) is 23.1. The highest BCUT2D eigenvalue weighted by Crippen LogP contribution is 2.39. The van der Waals surface area contributed by atoms with Crippen LogP contribution in [-0.2, 0) is 14.3 Å². The van der Waals surface area contributed by atoms with Crippen LogP contribution in [0.15, 0.2) is 102 Å². The molecule has 2 atom stereocenters. The number of ketones is 1. The number of carbonyl (C=O) groups is 1. The van der Waals surface area contributed by atoms with Gasteiger partial charge in [0.1, 0.15) is 6.10 Å². The van der Waals surface area contributed by atoms with E-state index in [1.807, 2.05) is 48.6 Å². The van der Waals surface area contributed by atoms with Gasteiger partial charge in [0.2, 0.25) is 11.4 Å². The largest absolute Gasteiger partial charge is 0.871 e. The fraction of sp³-hybridized carbons (Fsp3) is 0.333. The zero-order chi connectivity index (χ0) is 34.5. The molecule has 3 aromatic rings. The Kier molecular flexibility index (Phi) is 11.0. The number of benzene rings is 3. The minimum Gasteiger partial charge on any atom is -0.871 e. The van der Waals surface area contributed by atoms with Crippen LogP contribution in [0.3, 0.4) is 0 Å². The minimum absolute atomic E-state index is 0.0548. The summed E-state index contributed by atoms with van der Waals surface area (Å²) >= 11 is 0. The molecule has 0 amide bonds. The van der Waals surface area contributed by atoms with Crippen LogP contribution in [0.4, 0.5) is 17.1 Å². The molecule has 48 heavy (non-hydrogen) atoms. The van der Waals surface area contributed by atoms with Gasteiger partial charge in [-0.2, -0.15) is 4.58 Å². The molecule has 0 bridgehead atoms. The average molecular weight is 645 g/mol. The molecule has 6 nitrogen and oxygen atoms in total. The molecule has 0 saturated heterocycles. The van der Waals surface area contributed by atoms with E-state index >= 15 is 0 Å². The monoisotopic (exact) mass is 644 g/mol. The van der Waals surface area contributed by atoms with E-state index in [2.05, 4.69) is 87.4 Å². The van der Waals surface area contributed by atoms with Gasteiger partial charge < -0.3 is 19.5 Å². The summed E-state index contributed by atoms with van der Waals surface area (Å²) < 4.78 is 13.7. The lowest BCUT2D eigenvalue weighted by molar-refractivity contribution is -0.452. The van der Waals surface area contributed by atoms with Gasteiger partial charge in [0.15, 0.2) is 12.3 Å². The van der Waals surface area contributed by atoms with Crippen molar-refractivity contribution in [3.63, 3.8) is 0 Å². The Balaban J connectivity index is 1.45. The molecule has 5 rings (SSSR count). The molecule has 0 aliphatic heterocycles. The van der Waals surface area contributed by atoms with E-state index in [0.29, 0.717) is 24.2 Å². The lowest BCUT2D eigenvalue weighted by Crippen LogP contribution is -2.31. The predicted molar refractivity (Wildman–Crippen MR) is 194 cm³/mol. The van der Waals surface area contributed by atoms with Crippen LogP contribution in [0.2, 0.25) is 0 Å². The lowest BCUT2D eigenvalue weighted by atomic mass is 9.80. The molecular formula is C42H48N2O4. The van der Waals surface area contributed by atoms with Crippen LogP contribution < -0.4 is 10.0 Å². The third-order valence-corrected chi connectivity index (χ3v) is 9.48. The second kappa shape index (κ2) is 15.1. The summed E-state index contributed by atoms with van der Waals surface area (Å²) in [6.45, 7) is 14.0. The van der Waals surface area contributed by atoms with Crippen molar-refractivity contribution in [2.24, 2.45) is 0 Å². The molecule has 250 valence electrons. The van der Waals surface area contributed by atoms with Crippen molar-refractivity contribution in [2.45, 2.75) is 66.6 Å². The van der Waals surface area contributed by atoms with Gasteiger partial charge in [0.05, 0.1) is 6.10 Å². The fourth-order valence-corrected chi connectivity index (χ4v) is 6.58. The predicted octanol–water partition coefficient (Wildman–Crippen LogP) is 7.77. The first-order valence-electron chi connectivity index (χ1n) is 16.9. The number of ether oxygens (including phenoxy) is 2. The smallest absolute Gasteiger partial charge is 0.208 e. The van der Waals surface area contributed by atoms with Crippen LogP contribution in [0, 0.1) is 27.7 Å². The van der Waals surface area contributed by atoms with Gasteiger partial charge in [0, 0.05) is 67.1 Å². The van der Waals surface area contributed by atoms with Crippen molar-refractivity contribution in [3.8, 4) is 0 Å². The maximum atomic E-state index is 13.5. The summed E-state index contributed by atoms with van der Waals surface area (Å²) in [6, 6.07) is 20.6. The van der Waals surface area contributed by atoms with E-state index in [4.69, 9.17) is 9.47 Å². The average Bonchev–Trinajstić information content (AvgIpc) is 3.08. The van der Waals surface area contributed by atoms with E-state index < -0.39 is 0 Å². The van der Waals surface area contributed by atoms with Gasteiger partial charge in [-0.1, -0.05) is 61.1 Å². The van der Waals surface area contributed by atoms with Crippen LogP contribution in [-0.4, -0.2) is 55.6 Å². The van der Waals surface area contributed by atoms with E-state index in [0.717, 1.165) is 35.6 Å². The molecule has 0 radical (unpaired) electrons. The van der Waals surface area contributed by atoms with Crippen molar-refractivity contribution >= 4 is 34.1 Å². The molecule has 2 aliphatic rings. The Morgan fingerprint density at radius 3 is 1.90 bits per heavy atom. The molecule has 3 aromatic carbocycles. The van der Waals surface area contributed by atoms with E-state index in [9.17, 15) is 9.90 Å². The van der Waals surface area contributed by atoms with Gasteiger partial charge in [-0.25, -0.2) is 0 Å². The van der Waals surface area contributed by atoms with E-state index in [1.54, 1.807) is 14.2 Å². The van der Waals surface area contributed by atoms with Gasteiger partial charge in [-0.15, -0.1) is 0 Å². The number of allylic oxidation sites excluding steroid dienone is 7. The Morgan fingerprint density at radius 2 is 1.35 bits per heavy atom. The summed E-state index contributed by atoms with van der Waals surface area (Å²) in [5, 5.41) is 13.5. The van der Waals surface area contributed by atoms with Crippen molar-refractivity contribution in [1.29, 1.82) is 0 Å². The number of aryl methyl sites for hydroxylation is 4. The van der Waals surface area contributed by atoms with Crippen molar-refractivity contribution in [2.75, 3.05) is 32.2 Å². The number of nitrogens with zero attached hydrogens (tertiary/aromatic N) is 2. The molecule has 0 N–H and O–H groups in total. The summed E-state index contributed by atoms with van der Waals surface area (Å²) in [7, 11) is 3.49. The molecular weight excluding hydrogens is 596 g/mol. The Hall–Kier alpha value is -4.52. The normalized spacial score (nSPS) is 15.6. The van der Waals surface area contributed by atoms with Gasteiger partial charge in [-0.3, -0.25) is 4.79 Å². The number of Topliss-reactive ketones (excluding diaryl/α,β-unsaturated/α-hetero) is 1. The summed E-state index contributed by atoms with van der Waals surface area (Å²) in [5.74, 6) is -0.428.